The summed E-state index contributed by atoms with van der Waals surface area (Å²) in [5.41, 5.74) is 0.274. The van der Waals surface area contributed by atoms with Gasteiger partial charge in [0.25, 0.3) is 11.8 Å². The van der Waals surface area contributed by atoms with E-state index in [2.05, 4.69) is 25.5 Å². The van der Waals surface area contributed by atoms with Crippen molar-refractivity contribution < 1.29 is 22.7 Å². The van der Waals surface area contributed by atoms with Gasteiger partial charge in [-0.1, -0.05) is 11.6 Å². The Labute approximate surface area is 219 Å². The Balaban J connectivity index is 1.59. The van der Waals surface area contributed by atoms with E-state index in [1.54, 1.807) is 12.1 Å². The number of likely N-dealkylation sites (tertiary alicyclic amines) is 1. The quantitative estimate of drug-likeness (QED) is 0.463. The molecule has 12 heteroatoms. The summed E-state index contributed by atoms with van der Waals surface area (Å²) in [7, 11) is -1.51. The number of nitrogens with one attached hydrogen (secondary N) is 2. The summed E-state index contributed by atoms with van der Waals surface area (Å²) in [6.45, 7) is 1.66. The standard InChI is InChI=1S/C25H26ClN5O5S/c1-31-12-9-17(10-13-31)36-21-14-18(37(2,34)35)6-7-19(21)24(32)29-20-4-3-11-27-23(20)25(33)30-22-8-5-16(26)15-28-22/h3-8,11,14-15,17H,9-10,12-13H2,1-2H3,(H,29,32)(H,28,30,33). The topological polar surface area (TPSA) is 131 Å². The molecule has 0 saturated carbocycles. The zero-order valence-corrected chi connectivity index (χ0v) is 21.8. The van der Waals surface area contributed by atoms with Crippen molar-refractivity contribution in [2.75, 3.05) is 37.0 Å². The summed E-state index contributed by atoms with van der Waals surface area (Å²) < 4.78 is 30.4. The van der Waals surface area contributed by atoms with Crippen LogP contribution in [-0.2, 0) is 9.84 Å². The molecule has 194 valence electrons. The van der Waals surface area contributed by atoms with Crippen molar-refractivity contribution in [1.82, 2.24) is 14.9 Å². The van der Waals surface area contributed by atoms with E-state index in [0.29, 0.717) is 5.02 Å². The molecule has 2 amide bonds. The average molecular weight is 544 g/mol. The number of carbonyl (C=O) groups is 2. The van der Waals surface area contributed by atoms with Crippen molar-refractivity contribution in [2.45, 2.75) is 23.8 Å². The molecule has 0 radical (unpaired) electrons. The summed E-state index contributed by atoms with van der Waals surface area (Å²) in [6, 6.07) is 10.4. The van der Waals surface area contributed by atoms with Gasteiger partial charge in [-0.05, 0) is 62.4 Å². The molecule has 10 nitrogen and oxygen atoms in total. The number of anilines is 2. The molecule has 1 aliphatic rings. The molecule has 3 heterocycles. The van der Waals surface area contributed by atoms with Crippen LogP contribution in [0.15, 0.2) is 59.8 Å². The van der Waals surface area contributed by atoms with Crippen molar-refractivity contribution >= 4 is 44.8 Å². The summed E-state index contributed by atoms with van der Waals surface area (Å²) in [5, 5.41) is 5.74. The van der Waals surface area contributed by atoms with E-state index in [1.165, 1.54) is 42.7 Å². The van der Waals surface area contributed by atoms with Crippen LogP contribution in [0.4, 0.5) is 11.5 Å². The molecule has 1 aliphatic heterocycles. The van der Waals surface area contributed by atoms with E-state index >= 15 is 0 Å². The Morgan fingerprint density at radius 2 is 1.81 bits per heavy atom. The lowest BCUT2D eigenvalue weighted by Gasteiger charge is -2.30. The van der Waals surface area contributed by atoms with Crippen LogP contribution in [-0.4, -0.2) is 67.6 Å². The maximum absolute atomic E-state index is 13.3. The summed E-state index contributed by atoms with van der Waals surface area (Å²) >= 11 is 5.84. The Kier molecular flexibility index (Phi) is 8.06. The lowest BCUT2D eigenvalue weighted by Crippen LogP contribution is -2.36. The summed E-state index contributed by atoms with van der Waals surface area (Å²) in [4.78, 5) is 36.5. The highest BCUT2D eigenvalue weighted by Gasteiger charge is 2.24. The Bertz CT molecular complexity index is 1410. The number of ether oxygens (including phenoxy) is 1. The lowest BCUT2D eigenvalue weighted by molar-refractivity contribution is 0.0988. The molecular formula is C25H26ClN5O5S. The SMILES string of the molecule is CN1CCC(Oc2cc(S(C)(=O)=O)ccc2C(=O)Nc2cccnc2C(=O)Nc2ccc(Cl)cn2)CC1. The smallest absolute Gasteiger partial charge is 0.277 e. The van der Waals surface area contributed by atoms with Gasteiger partial charge in [0.2, 0.25) is 0 Å². The first kappa shape index (κ1) is 26.5. The van der Waals surface area contributed by atoms with Crippen molar-refractivity contribution in [3.8, 4) is 5.75 Å². The normalized spacial score (nSPS) is 14.7. The predicted molar refractivity (Wildman–Crippen MR) is 140 cm³/mol. The van der Waals surface area contributed by atoms with E-state index in [9.17, 15) is 18.0 Å². The number of sulfone groups is 1. The largest absolute Gasteiger partial charge is 0.489 e. The number of benzene rings is 1. The number of pyridine rings is 2. The van der Waals surface area contributed by atoms with Crippen LogP contribution in [0.1, 0.15) is 33.7 Å². The van der Waals surface area contributed by atoms with Gasteiger partial charge in [-0.15, -0.1) is 0 Å². The molecule has 2 N–H and O–H groups in total. The number of aromatic nitrogens is 2. The fourth-order valence-electron chi connectivity index (χ4n) is 3.80. The van der Waals surface area contributed by atoms with Crippen LogP contribution in [0.2, 0.25) is 5.02 Å². The van der Waals surface area contributed by atoms with Crippen molar-refractivity contribution in [1.29, 1.82) is 0 Å². The average Bonchev–Trinajstić information content (AvgIpc) is 2.86. The van der Waals surface area contributed by atoms with Crippen molar-refractivity contribution in [3.05, 3.63) is 71.1 Å². The first-order valence-electron chi connectivity index (χ1n) is 11.5. The van der Waals surface area contributed by atoms with Gasteiger partial charge in [0.15, 0.2) is 15.5 Å². The number of halogens is 1. The number of piperidine rings is 1. The van der Waals surface area contributed by atoms with E-state index in [1.807, 2.05) is 7.05 Å². The minimum atomic E-state index is -3.52. The summed E-state index contributed by atoms with van der Waals surface area (Å²) in [5.74, 6) is -0.728. The molecule has 3 aromatic rings. The lowest BCUT2D eigenvalue weighted by atomic mass is 10.1. The van der Waals surface area contributed by atoms with Gasteiger partial charge >= 0.3 is 0 Å². The second kappa shape index (κ2) is 11.2. The van der Waals surface area contributed by atoms with Crippen molar-refractivity contribution in [2.24, 2.45) is 0 Å². The highest BCUT2D eigenvalue weighted by Crippen LogP contribution is 2.28. The molecule has 4 rings (SSSR count). The number of nitrogens with zero attached hydrogens (tertiary/aromatic N) is 3. The van der Waals surface area contributed by atoms with Crippen LogP contribution < -0.4 is 15.4 Å². The molecule has 37 heavy (non-hydrogen) atoms. The van der Waals surface area contributed by atoms with Crippen LogP contribution in [0.3, 0.4) is 0 Å². The predicted octanol–water partition coefficient (Wildman–Crippen LogP) is 3.51. The number of rotatable bonds is 7. The number of carbonyl (C=O) groups excluding carboxylic acids is 2. The van der Waals surface area contributed by atoms with Gasteiger partial charge in [-0.2, -0.15) is 0 Å². The third-order valence-corrected chi connectivity index (χ3v) is 7.16. The minimum absolute atomic E-state index is 0.0295. The van der Waals surface area contributed by atoms with E-state index in [0.717, 1.165) is 32.2 Å². The van der Waals surface area contributed by atoms with Gasteiger partial charge in [-0.3, -0.25) is 9.59 Å². The highest BCUT2D eigenvalue weighted by atomic mass is 35.5. The second-order valence-corrected chi connectivity index (χ2v) is 11.2. The third kappa shape index (κ3) is 6.82. The fourth-order valence-corrected chi connectivity index (χ4v) is 4.55. The zero-order chi connectivity index (χ0) is 26.6. The Morgan fingerprint density at radius 1 is 1.05 bits per heavy atom. The van der Waals surface area contributed by atoms with Crippen LogP contribution in [0.25, 0.3) is 0 Å². The highest BCUT2D eigenvalue weighted by molar-refractivity contribution is 7.90. The second-order valence-electron chi connectivity index (χ2n) is 8.72. The monoisotopic (exact) mass is 543 g/mol. The maximum Gasteiger partial charge on any atom is 0.277 e. The first-order chi connectivity index (χ1) is 17.6. The molecule has 0 spiro atoms. The molecule has 0 bridgehead atoms. The third-order valence-electron chi connectivity index (χ3n) is 5.83. The molecule has 0 aliphatic carbocycles. The number of amides is 2. The van der Waals surface area contributed by atoms with Crippen LogP contribution in [0, 0.1) is 0 Å². The van der Waals surface area contributed by atoms with Crippen molar-refractivity contribution in [3.63, 3.8) is 0 Å². The molecular weight excluding hydrogens is 518 g/mol. The molecule has 1 fully saturated rings. The maximum atomic E-state index is 13.3. The number of hydrogen-bond donors (Lipinski definition) is 2. The van der Waals surface area contributed by atoms with E-state index < -0.39 is 21.7 Å². The fraction of sp³-hybridized carbons (Fsp3) is 0.280. The van der Waals surface area contributed by atoms with Gasteiger partial charge in [0.05, 0.1) is 21.2 Å². The first-order valence-corrected chi connectivity index (χ1v) is 13.8. The van der Waals surface area contributed by atoms with E-state index in [4.69, 9.17) is 16.3 Å². The van der Waals surface area contributed by atoms with Crippen LogP contribution >= 0.6 is 11.6 Å². The van der Waals surface area contributed by atoms with E-state index in [-0.39, 0.29) is 39.5 Å². The van der Waals surface area contributed by atoms with Gasteiger partial charge < -0.3 is 20.3 Å². The molecule has 0 atom stereocenters. The number of hydrogen-bond acceptors (Lipinski definition) is 8. The molecule has 2 aromatic heterocycles. The molecule has 1 aromatic carbocycles. The minimum Gasteiger partial charge on any atom is -0.489 e. The van der Waals surface area contributed by atoms with Gasteiger partial charge in [0.1, 0.15) is 17.7 Å². The molecule has 0 unspecified atom stereocenters. The zero-order valence-electron chi connectivity index (χ0n) is 20.3. The van der Waals surface area contributed by atoms with Crippen LogP contribution in [0.5, 0.6) is 5.75 Å². The van der Waals surface area contributed by atoms with Gasteiger partial charge in [0, 0.05) is 31.7 Å². The summed E-state index contributed by atoms with van der Waals surface area (Å²) in [6.07, 6.45) is 5.24. The Hall–Kier alpha value is -3.54. The van der Waals surface area contributed by atoms with Gasteiger partial charge in [-0.25, -0.2) is 18.4 Å². The molecule has 1 saturated heterocycles. The Morgan fingerprint density at radius 3 is 2.49 bits per heavy atom.